The van der Waals surface area contributed by atoms with Crippen molar-refractivity contribution >= 4 is 12.6 Å². The van der Waals surface area contributed by atoms with E-state index >= 15 is 0 Å². The quantitative estimate of drug-likeness (QED) is 0.832. The Bertz CT molecular complexity index is 372. The van der Waals surface area contributed by atoms with Gasteiger partial charge in [-0.3, -0.25) is 4.90 Å². The monoisotopic (exact) mass is 269 g/mol. The SMILES string of the molecule is Cc1ccc(CN(C)CC2(CS)CCOCC2)o1. The van der Waals surface area contributed by atoms with E-state index in [1.807, 2.05) is 13.0 Å². The summed E-state index contributed by atoms with van der Waals surface area (Å²) in [7, 11) is 2.15. The van der Waals surface area contributed by atoms with Crippen LogP contribution in [0.1, 0.15) is 24.4 Å². The summed E-state index contributed by atoms with van der Waals surface area (Å²) in [5, 5.41) is 0. The maximum Gasteiger partial charge on any atom is 0.118 e. The minimum Gasteiger partial charge on any atom is -0.465 e. The van der Waals surface area contributed by atoms with E-state index in [2.05, 4.69) is 30.6 Å². The maximum absolute atomic E-state index is 5.62. The van der Waals surface area contributed by atoms with Crippen LogP contribution >= 0.6 is 12.6 Å². The number of hydrogen-bond donors (Lipinski definition) is 1. The van der Waals surface area contributed by atoms with Crippen LogP contribution in [0.4, 0.5) is 0 Å². The highest BCUT2D eigenvalue weighted by atomic mass is 32.1. The molecule has 1 aliphatic rings. The molecule has 18 heavy (non-hydrogen) atoms. The van der Waals surface area contributed by atoms with Crippen molar-refractivity contribution in [2.75, 3.05) is 32.6 Å². The average Bonchev–Trinajstić information content (AvgIpc) is 2.75. The van der Waals surface area contributed by atoms with Gasteiger partial charge in [0.2, 0.25) is 0 Å². The van der Waals surface area contributed by atoms with E-state index < -0.39 is 0 Å². The molecular formula is C14H23NO2S. The molecule has 0 N–H and O–H groups in total. The highest BCUT2D eigenvalue weighted by Crippen LogP contribution is 2.32. The predicted molar refractivity (Wildman–Crippen MR) is 76.1 cm³/mol. The molecule has 0 atom stereocenters. The third kappa shape index (κ3) is 3.53. The summed E-state index contributed by atoms with van der Waals surface area (Å²) in [6.45, 7) is 5.64. The lowest BCUT2D eigenvalue weighted by molar-refractivity contribution is 0.00979. The normalized spacial score (nSPS) is 19.3. The standard InChI is InChI=1S/C14H23NO2S/c1-12-3-4-13(17-12)9-15(2)10-14(11-18)5-7-16-8-6-14/h3-4,18H,5-11H2,1-2H3. The first-order valence-electron chi connectivity index (χ1n) is 6.56. The van der Waals surface area contributed by atoms with Gasteiger partial charge < -0.3 is 9.15 Å². The Morgan fingerprint density at radius 3 is 2.61 bits per heavy atom. The van der Waals surface area contributed by atoms with Crippen molar-refractivity contribution in [1.29, 1.82) is 0 Å². The summed E-state index contributed by atoms with van der Waals surface area (Å²) in [5.74, 6) is 2.95. The molecule has 1 aromatic rings. The zero-order valence-corrected chi connectivity index (χ0v) is 12.2. The van der Waals surface area contributed by atoms with Gasteiger partial charge in [0.05, 0.1) is 6.54 Å². The van der Waals surface area contributed by atoms with Crippen molar-refractivity contribution in [3.63, 3.8) is 0 Å². The molecule has 0 aliphatic carbocycles. The summed E-state index contributed by atoms with van der Waals surface area (Å²) in [6, 6.07) is 4.08. The number of hydrogen-bond acceptors (Lipinski definition) is 4. The van der Waals surface area contributed by atoms with E-state index in [9.17, 15) is 0 Å². The molecule has 0 aromatic carbocycles. The van der Waals surface area contributed by atoms with Crippen LogP contribution in [-0.4, -0.2) is 37.5 Å². The number of nitrogens with zero attached hydrogens (tertiary/aromatic N) is 1. The van der Waals surface area contributed by atoms with Crippen molar-refractivity contribution in [3.8, 4) is 0 Å². The summed E-state index contributed by atoms with van der Waals surface area (Å²) in [5.41, 5.74) is 0.303. The first-order valence-corrected chi connectivity index (χ1v) is 7.19. The molecule has 1 aliphatic heterocycles. The lowest BCUT2D eigenvalue weighted by atomic mass is 9.81. The third-order valence-electron chi connectivity index (χ3n) is 3.72. The van der Waals surface area contributed by atoms with Crippen LogP contribution in [0.2, 0.25) is 0 Å². The van der Waals surface area contributed by atoms with E-state index in [4.69, 9.17) is 9.15 Å². The van der Waals surface area contributed by atoms with Crippen molar-refractivity contribution in [2.24, 2.45) is 5.41 Å². The number of thiol groups is 1. The Balaban J connectivity index is 1.90. The molecule has 1 saturated heterocycles. The molecule has 1 fully saturated rings. The van der Waals surface area contributed by atoms with Crippen molar-refractivity contribution < 1.29 is 9.15 Å². The molecule has 102 valence electrons. The van der Waals surface area contributed by atoms with Crippen LogP contribution < -0.4 is 0 Å². The van der Waals surface area contributed by atoms with Crippen molar-refractivity contribution in [3.05, 3.63) is 23.7 Å². The van der Waals surface area contributed by atoms with Crippen LogP contribution in [0, 0.1) is 12.3 Å². The fraction of sp³-hybridized carbons (Fsp3) is 0.714. The molecule has 0 bridgehead atoms. The number of aryl methyl sites for hydroxylation is 1. The Labute approximate surface area is 115 Å². The number of furan rings is 1. The molecule has 4 heteroatoms. The zero-order chi connectivity index (χ0) is 13.0. The summed E-state index contributed by atoms with van der Waals surface area (Å²) >= 11 is 4.55. The van der Waals surface area contributed by atoms with Gasteiger partial charge in [0.15, 0.2) is 0 Å². The first-order chi connectivity index (χ1) is 8.63. The fourth-order valence-corrected chi connectivity index (χ4v) is 3.05. The van der Waals surface area contributed by atoms with Crippen LogP contribution in [-0.2, 0) is 11.3 Å². The van der Waals surface area contributed by atoms with E-state index in [1.54, 1.807) is 0 Å². The Hall–Kier alpha value is -0.450. The second-order valence-electron chi connectivity index (χ2n) is 5.46. The lowest BCUT2D eigenvalue weighted by Gasteiger charge is -2.38. The van der Waals surface area contributed by atoms with Gasteiger partial charge in [-0.15, -0.1) is 0 Å². The molecular weight excluding hydrogens is 246 g/mol. The van der Waals surface area contributed by atoms with Gasteiger partial charge in [0.25, 0.3) is 0 Å². The van der Waals surface area contributed by atoms with Crippen LogP contribution in [0.25, 0.3) is 0 Å². The summed E-state index contributed by atoms with van der Waals surface area (Å²) in [6.07, 6.45) is 2.22. The van der Waals surface area contributed by atoms with E-state index in [0.29, 0.717) is 5.41 Å². The van der Waals surface area contributed by atoms with Crippen LogP contribution in [0.3, 0.4) is 0 Å². The molecule has 0 saturated carbocycles. The molecule has 1 aromatic heterocycles. The van der Waals surface area contributed by atoms with E-state index in [-0.39, 0.29) is 0 Å². The second-order valence-corrected chi connectivity index (χ2v) is 5.77. The molecule has 2 rings (SSSR count). The first kappa shape index (κ1) is 14.0. The van der Waals surface area contributed by atoms with Crippen LogP contribution in [0.15, 0.2) is 16.5 Å². The smallest absolute Gasteiger partial charge is 0.118 e. The lowest BCUT2D eigenvalue weighted by Crippen LogP contribution is -2.41. The maximum atomic E-state index is 5.62. The molecule has 0 spiro atoms. The Morgan fingerprint density at radius 1 is 1.33 bits per heavy atom. The Morgan fingerprint density at radius 2 is 2.06 bits per heavy atom. The van der Waals surface area contributed by atoms with Gasteiger partial charge in [-0.2, -0.15) is 12.6 Å². The largest absolute Gasteiger partial charge is 0.465 e. The van der Waals surface area contributed by atoms with Gasteiger partial charge in [-0.25, -0.2) is 0 Å². The minimum atomic E-state index is 0.303. The molecule has 3 nitrogen and oxygen atoms in total. The van der Waals surface area contributed by atoms with Gasteiger partial charge in [0, 0.05) is 19.8 Å². The second kappa shape index (κ2) is 6.13. The fourth-order valence-electron chi connectivity index (χ4n) is 2.64. The topological polar surface area (TPSA) is 25.6 Å². The van der Waals surface area contributed by atoms with Crippen molar-refractivity contribution in [2.45, 2.75) is 26.3 Å². The summed E-state index contributed by atoms with van der Waals surface area (Å²) < 4.78 is 11.1. The molecule has 2 heterocycles. The van der Waals surface area contributed by atoms with Gasteiger partial charge >= 0.3 is 0 Å². The minimum absolute atomic E-state index is 0.303. The predicted octanol–water partition coefficient (Wildman–Crippen LogP) is 2.75. The molecule has 0 radical (unpaired) electrons. The average molecular weight is 269 g/mol. The molecule has 0 amide bonds. The van der Waals surface area contributed by atoms with Gasteiger partial charge in [-0.05, 0) is 50.1 Å². The van der Waals surface area contributed by atoms with Gasteiger partial charge in [-0.1, -0.05) is 0 Å². The van der Waals surface area contributed by atoms with E-state index in [1.165, 1.54) is 0 Å². The summed E-state index contributed by atoms with van der Waals surface area (Å²) in [4.78, 5) is 2.33. The van der Waals surface area contributed by atoms with Gasteiger partial charge in [0.1, 0.15) is 11.5 Å². The van der Waals surface area contributed by atoms with Crippen LogP contribution in [0.5, 0.6) is 0 Å². The molecule has 0 unspecified atom stereocenters. The van der Waals surface area contributed by atoms with E-state index in [0.717, 1.165) is 56.4 Å². The Kier molecular flexibility index (Phi) is 4.76. The highest BCUT2D eigenvalue weighted by molar-refractivity contribution is 7.80. The third-order valence-corrected chi connectivity index (χ3v) is 4.39. The zero-order valence-electron chi connectivity index (χ0n) is 11.3. The van der Waals surface area contributed by atoms with Crippen molar-refractivity contribution in [1.82, 2.24) is 4.90 Å². The number of rotatable bonds is 5. The number of ether oxygens (including phenoxy) is 1. The highest BCUT2D eigenvalue weighted by Gasteiger charge is 2.32.